The van der Waals surface area contributed by atoms with Crippen LogP contribution in [0.4, 0.5) is 0 Å². The molecule has 7 nitrogen and oxygen atoms in total. The van der Waals surface area contributed by atoms with Crippen LogP contribution in [0.25, 0.3) is 0 Å². The summed E-state index contributed by atoms with van der Waals surface area (Å²) in [5, 5.41) is 0. The number of hydrogen-bond donors (Lipinski definition) is 0. The van der Waals surface area contributed by atoms with Crippen molar-refractivity contribution in [3.05, 3.63) is 71.8 Å². The summed E-state index contributed by atoms with van der Waals surface area (Å²) in [5.41, 5.74) is 0.638. The SMILES string of the molecule is CCCOCCC(OOC(=O)c1ccccc1)OOC(=O)c1ccccc1. The summed E-state index contributed by atoms with van der Waals surface area (Å²) in [6.07, 6.45) is -0.0649. The van der Waals surface area contributed by atoms with E-state index in [1.807, 2.05) is 6.92 Å². The van der Waals surface area contributed by atoms with Gasteiger partial charge in [-0.1, -0.05) is 43.3 Å². The third-order valence-corrected chi connectivity index (χ3v) is 3.33. The van der Waals surface area contributed by atoms with Gasteiger partial charge in [-0.2, -0.15) is 0 Å². The number of carbonyl (C=O) groups excluding carboxylic acids is 2. The number of ether oxygens (including phenoxy) is 1. The van der Waals surface area contributed by atoms with Crippen LogP contribution >= 0.6 is 0 Å². The second kappa shape index (κ2) is 11.8. The third-order valence-electron chi connectivity index (χ3n) is 3.33. The molecule has 27 heavy (non-hydrogen) atoms. The molecule has 0 atom stereocenters. The zero-order valence-corrected chi connectivity index (χ0v) is 15.0. The molecular weight excluding hydrogens is 352 g/mol. The summed E-state index contributed by atoms with van der Waals surface area (Å²) in [5.74, 6) is -1.37. The molecule has 0 saturated heterocycles. The Balaban J connectivity index is 1.86. The predicted octanol–water partition coefficient (Wildman–Crippen LogP) is 3.71. The fourth-order valence-electron chi connectivity index (χ4n) is 1.98. The van der Waals surface area contributed by atoms with Crippen molar-refractivity contribution in [1.29, 1.82) is 0 Å². The van der Waals surface area contributed by atoms with Crippen LogP contribution in [0.15, 0.2) is 60.7 Å². The Labute approximate surface area is 157 Å². The summed E-state index contributed by atoms with van der Waals surface area (Å²) in [6, 6.07) is 16.7. The molecule has 0 bridgehead atoms. The van der Waals surface area contributed by atoms with Gasteiger partial charge in [0.2, 0.25) is 6.29 Å². The molecule has 0 N–H and O–H groups in total. The Morgan fingerprint density at radius 1 is 0.778 bits per heavy atom. The molecule has 0 heterocycles. The maximum Gasteiger partial charge on any atom is 0.373 e. The Kier molecular flexibility index (Phi) is 8.99. The van der Waals surface area contributed by atoms with Crippen LogP contribution in [0.1, 0.15) is 40.5 Å². The van der Waals surface area contributed by atoms with Gasteiger partial charge in [-0.15, -0.1) is 9.78 Å². The maximum absolute atomic E-state index is 11.9. The number of hydrogen-bond acceptors (Lipinski definition) is 7. The molecule has 0 aliphatic carbocycles. The van der Waals surface area contributed by atoms with Gasteiger partial charge in [0.15, 0.2) is 0 Å². The van der Waals surface area contributed by atoms with E-state index in [9.17, 15) is 9.59 Å². The van der Waals surface area contributed by atoms with Gasteiger partial charge in [0.05, 0.1) is 17.7 Å². The average Bonchev–Trinajstić information content (AvgIpc) is 2.73. The van der Waals surface area contributed by atoms with Crippen LogP contribution in [0.5, 0.6) is 0 Å². The number of carbonyl (C=O) groups is 2. The van der Waals surface area contributed by atoms with Crippen molar-refractivity contribution in [2.24, 2.45) is 0 Å². The van der Waals surface area contributed by atoms with E-state index in [1.165, 1.54) is 0 Å². The molecule has 0 spiro atoms. The largest absolute Gasteiger partial charge is 0.381 e. The normalized spacial score (nSPS) is 10.6. The average molecular weight is 374 g/mol. The Hall–Kier alpha value is -2.74. The first-order valence-corrected chi connectivity index (χ1v) is 8.64. The van der Waals surface area contributed by atoms with Crippen LogP contribution < -0.4 is 0 Å². The van der Waals surface area contributed by atoms with Gasteiger partial charge in [0, 0.05) is 13.0 Å². The highest BCUT2D eigenvalue weighted by molar-refractivity contribution is 5.89. The second-order valence-electron chi connectivity index (χ2n) is 5.50. The summed E-state index contributed by atoms with van der Waals surface area (Å²) >= 11 is 0. The summed E-state index contributed by atoms with van der Waals surface area (Å²) < 4.78 is 5.36. The molecule has 0 radical (unpaired) electrons. The fourth-order valence-corrected chi connectivity index (χ4v) is 1.98. The molecular formula is C20H22O7. The van der Waals surface area contributed by atoms with E-state index in [0.717, 1.165) is 6.42 Å². The highest BCUT2D eigenvalue weighted by atomic mass is 17.3. The molecule has 7 heteroatoms. The van der Waals surface area contributed by atoms with E-state index in [0.29, 0.717) is 17.7 Å². The van der Waals surface area contributed by atoms with E-state index in [-0.39, 0.29) is 13.0 Å². The van der Waals surface area contributed by atoms with Gasteiger partial charge in [-0.25, -0.2) is 9.59 Å². The molecule has 2 aromatic rings. The highest BCUT2D eigenvalue weighted by Crippen LogP contribution is 2.09. The molecule has 144 valence electrons. The lowest BCUT2D eigenvalue weighted by molar-refractivity contribution is -0.422. The molecule has 0 unspecified atom stereocenters. The predicted molar refractivity (Wildman–Crippen MR) is 95.4 cm³/mol. The lowest BCUT2D eigenvalue weighted by Gasteiger charge is -2.15. The number of benzene rings is 2. The van der Waals surface area contributed by atoms with Gasteiger partial charge in [-0.05, 0) is 30.7 Å². The van der Waals surface area contributed by atoms with E-state index in [1.54, 1.807) is 60.7 Å². The maximum atomic E-state index is 11.9. The van der Waals surface area contributed by atoms with Crippen LogP contribution in [0.2, 0.25) is 0 Å². The van der Waals surface area contributed by atoms with E-state index < -0.39 is 18.2 Å². The smallest absolute Gasteiger partial charge is 0.373 e. The van der Waals surface area contributed by atoms with E-state index >= 15 is 0 Å². The van der Waals surface area contributed by atoms with Crippen molar-refractivity contribution in [1.82, 2.24) is 0 Å². The van der Waals surface area contributed by atoms with Crippen molar-refractivity contribution in [3.8, 4) is 0 Å². The molecule has 2 aromatic carbocycles. The third kappa shape index (κ3) is 7.57. The van der Waals surface area contributed by atoms with Crippen LogP contribution in [-0.2, 0) is 24.3 Å². The summed E-state index contributed by atoms with van der Waals surface area (Å²) in [7, 11) is 0. The van der Waals surface area contributed by atoms with Gasteiger partial charge >= 0.3 is 11.9 Å². The molecule has 0 aromatic heterocycles. The first-order valence-electron chi connectivity index (χ1n) is 8.64. The Morgan fingerprint density at radius 2 is 1.26 bits per heavy atom. The lowest BCUT2D eigenvalue weighted by atomic mass is 10.2. The van der Waals surface area contributed by atoms with Crippen molar-refractivity contribution in [2.45, 2.75) is 26.1 Å². The molecule has 2 rings (SSSR count). The fraction of sp³-hybridized carbons (Fsp3) is 0.300. The van der Waals surface area contributed by atoms with Gasteiger partial charge in [0.25, 0.3) is 0 Å². The molecule has 0 amide bonds. The van der Waals surface area contributed by atoms with Crippen LogP contribution in [-0.4, -0.2) is 31.4 Å². The van der Waals surface area contributed by atoms with Gasteiger partial charge in [0.1, 0.15) is 0 Å². The molecule has 0 aliphatic heterocycles. The van der Waals surface area contributed by atoms with Gasteiger partial charge in [-0.3, -0.25) is 9.78 Å². The van der Waals surface area contributed by atoms with Crippen molar-refractivity contribution >= 4 is 11.9 Å². The van der Waals surface area contributed by atoms with Crippen molar-refractivity contribution in [3.63, 3.8) is 0 Å². The van der Waals surface area contributed by atoms with E-state index in [2.05, 4.69) is 0 Å². The highest BCUT2D eigenvalue weighted by Gasteiger charge is 2.19. The minimum atomic E-state index is -1.12. The monoisotopic (exact) mass is 374 g/mol. The van der Waals surface area contributed by atoms with E-state index in [4.69, 9.17) is 24.3 Å². The summed E-state index contributed by atoms with van der Waals surface area (Å²) in [6.45, 7) is 2.83. The van der Waals surface area contributed by atoms with Crippen LogP contribution in [0.3, 0.4) is 0 Å². The topological polar surface area (TPSA) is 80.3 Å². The zero-order chi connectivity index (χ0) is 19.3. The van der Waals surface area contributed by atoms with Gasteiger partial charge < -0.3 is 4.74 Å². The molecule has 0 saturated carbocycles. The van der Waals surface area contributed by atoms with Crippen LogP contribution in [0, 0.1) is 0 Å². The Bertz CT molecular complexity index is 632. The van der Waals surface area contributed by atoms with Crippen molar-refractivity contribution < 1.29 is 33.9 Å². The Morgan fingerprint density at radius 3 is 1.70 bits per heavy atom. The first-order chi connectivity index (χ1) is 13.2. The zero-order valence-electron chi connectivity index (χ0n) is 15.0. The minimum absolute atomic E-state index is 0.199. The summed E-state index contributed by atoms with van der Waals surface area (Å²) in [4.78, 5) is 43.4. The second-order valence-corrected chi connectivity index (χ2v) is 5.50. The molecule has 0 aliphatic rings. The minimum Gasteiger partial charge on any atom is -0.381 e. The quantitative estimate of drug-likeness (QED) is 0.257. The lowest BCUT2D eigenvalue weighted by Crippen LogP contribution is -2.24. The number of rotatable bonds is 11. The first kappa shape index (κ1) is 20.6. The van der Waals surface area contributed by atoms with Crippen molar-refractivity contribution in [2.75, 3.05) is 13.2 Å². The molecule has 0 fully saturated rings. The standard InChI is InChI=1S/C20H22O7/c1-2-14-23-15-13-18(24-26-19(21)16-9-5-3-6-10-16)25-27-20(22)17-11-7-4-8-12-17/h3-12,18H,2,13-15H2,1H3.